The number of ether oxygens (including phenoxy) is 3. The van der Waals surface area contributed by atoms with Crippen molar-refractivity contribution in [2.45, 2.75) is 59.1 Å². The van der Waals surface area contributed by atoms with Crippen LogP contribution >= 0.6 is 0 Å². The van der Waals surface area contributed by atoms with E-state index in [1.54, 1.807) is 0 Å². The van der Waals surface area contributed by atoms with Gasteiger partial charge in [-0.1, -0.05) is 6.92 Å². The van der Waals surface area contributed by atoms with E-state index in [0.29, 0.717) is 30.6 Å². The normalized spacial score (nSPS) is 15.1. The Bertz CT molecular complexity index is 1160. The second-order valence-electron chi connectivity index (χ2n) is 9.70. The molecule has 9 heteroatoms. The summed E-state index contributed by atoms with van der Waals surface area (Å²) in [5.74, 6) is 2.67. The number of aryl methyl sites for hydroxylation is 1. The summed E-state index contributed by atoms with van der Waals surface area (Å²) in [6.45, 7) is 10.8. The maximum atomic E-state index is 11.8. The van der Waals surface area contributed by atoms with Crippen LogP contribution in [0.5, 0.6) is 5.75 Å². The Hall–Kier alpha value is -3.07. The number of carbonyl (C=O) groups excluding carboxylic acids is 1. The first-order valence-corrected chi connectivity index (χ1v) is 12.0. The highest BCUT2D eigenvalue weighted by molar-refractivity contribution is 6.06. The van der Waals surface area contributed by atoms with Gasteiger partial charge in [-0.3, -0.25) is 0 Å². The zero-order chi connectivity index (χ0) is 24.3. The lowest BCUT2D eigenvalue weighted by Gasteiger charge is -2.23. The second-order valence-corrected chi connectivity index (χ2v) is 9.70. The SMILES string of the molecule is CCc1nc2c(N)nc3cc(OCCNC(=O)OC(C)(C)C)ccc3c2n1CC1CCOCC1. The van der Waals surface area contributed by atoms with E-state index in [9.17, 15) is 4.79 Å². The van der Waals surface area contributed by atoms with Crippen molar-refractivity contribution in [1.82, 2.24) is 19.9 Å². The highest BCUT2D eigenvalue weighted by atomic mass is 16.6. The molecule has 0 bridgehead atoms. The van der Waals surface area contributed by atoms with Crippen LogP contribution in [0.15, 0.2) is 18.2 Å². The summed E-state index contributed by atoms with van der Waals surface area (Å²) in [7, 11) is 0. The number of anilines is 1. The Kier molecular flexibility index (Phi) is 7.11. The number of hydrogen-bond donors (Lipinski definition) is 2. The van der Waals surface area contributed by atoms with E-state index in [-0.39, 0.29) is 0 Å². The lowest BCUT2D eigenvalue weighted by atomic mass is 10.00. The van der Waals surface area contributed by atoms with Crippen molar-refractivity contribution in [3.05, 3.63) is 24.0 Å². The topological polar surface area (TPSA) is 114 Å². The lowest BCUT2D eigenvalue weighted by molar-refractivity contribution is 0.0520. The van der Waals surface area contributed by atoms with E-state index in [0.717, 1.165) is 66.8 Å². The number of nitrogen functional groups attached to an aromatic ring is 1. The Balaban J connectivity index is 1.54. The van der Waals surface area contributed by atoms with Crippen molar-refractivity contribution in [3.63, 3.8) is 0 Å². The van der Waals surface area contributed by atoms with Crippen molar-refractivity contribution in [1.29, 1.82) is 0 Å². The Morgan fingerprint density at radius 2 is 2.03 bits per heavy atom. The van der Waals surface area contributed by atoms with Crippen LogP contribution in [0, 0.1) is 5.92 Å². The van der Waals surface area contributed by atoms with Gasteiger partial charge in [0.25, 0.3) is 0 Å². The summed E-state index contributed by atoms with van der Waals surface area (Å²) in [5, 5.41) is 3.70. The number of nitrogens with one attached hydrogen (secondary N) is 1. The zero-order valence-corrected chi connectivity index (χ0v) is 20.5. The van der Waals surface area contributed by atoms with Gasteiger partial charge in [0.1, 0.15) is 29.3 Å². The number of nitrogens with two attached hydrogens (primary N) is 1. The maximum Gasteiger partial charge on any atom is 0.407 e. The smallest absolute Gasteiger partial charge is 0.407 e. The Morgan fingerprint density at radius 1 is 1.26 bits per heavy atom. The number of benzene rings is 1. The third kappa shape index (κ3) is 5.52. The summed E-state index contributed by atoms with van der Waals surface area (Å²) >= 11 is 0. The van der Waals surface area contributed by atoms with Crippen molar-refractivity contribution >= 4 is 33.8 Å². The third-order valence-electron chi connectivity index (χ3n) is 5.89. The number of alkyl carbamates (subject to hydrolysis) is 1. The molecule has 3 aromatic rings. The van der Waals surface area contributed by atoms with Crippen molar-refractivity contribution < 1.29 is 19.0 Å². The predicted molar refractivity (Wildman–Crippen MR) is 132 cm³/mol. The first-order valence-electron chi connectivity index (χ1n) is 12.0. The minimum absolute atomic E-state index is 0.310. The van der Waals surface area contributed by atoms with Crippen LogP contribution in [0.25, 0.3) is 21.9 Å². The van der Waals surface area contributed by atoms with Crippen LogP contribution in [-0.2, 0) is 22.4 Å². The molecule has 3 heterocycles. The molecule has 0 unspecified atom stereocenters. The summed E-state index contributed by atoms with van der Waals surface area (Å²) < 4.78 is 18.9. The average molecular weight is 470 g/mol. The van der Waals surface area contributed by atoms with Crippen LogP contribution < -0.4 is 15.8 Å². The summed E-state index contributed by atoms with van der Waals surface area (Å²) in [5.41, 5.74) is 8.36. The van der Waals surface area contributed by atoms with Crippen molar-refractivity contribution in [3.8, 4) is 5.75 Å². The summed E-state index contributed by atoms with van der Waals surface area (Å²) in [4.78, 5) is 21.2. The minimum atomic E-state index is -0.533. The molecule has 0 aliphatic carbocycles. The van der Waals surface area contributed by atoms with Gasteiger partial charge in [0.2, 0.25) is 0 Å². The van der Waals surface area contributed by atoms with Crippen LogP contribution in [0.3, 0.4) is 0 Å². The number of pyridine rings is 1. The monoisotopic (exact) mass is 469 g/mol. The van der Waals surface area contributed by atoms with Crippen molar-refractivity contribution in [2.75, 3.05) is 32.1 Å². The summed E-state index contributed by atoms with van der Waals surface area (Å²) in [6, 6.07) is 5.82. The molecule has 4 rings (SSSR count). The van der Waals surface area contributed by atoms with Crippen LogP contribution in [-0.4, -0.2) is 52.6 Å². The zero-order valence-electron chi connectivity index (χ0n) is 20.5. The number of imidazole rings is 1. The van der Waals surface area contributed by atoms with Crippen LogP contribution in [0.2, 0.25) is 0 Å². The van der Waals surface area contributed by atoms with Crippen LogP contribution in [0.1, 0.15) is 46.4 Å². The standard InChI is InChI=1S/C25H35N5O4/c1-5-20-29-21-22(30(20)15-16-8-11-32-12-9-16)18-7-6-17(14-19(18)28-23(21)26)33-13-10-27-24(31)34-25(2,3)4/h6-7,14,16H,5,8-13,15H2,1-4H3,(H2,26,28)(H,27,31). The van der Waals surface area contributed by atoms with Gasteiger partial charge < -0.3 is 29.8 Å². The maximum absolute atomic E-state index is 11.8. The largest absolute Gasteiger partial charge is 0.492 e. The molecule has 184 valence electrons. The molecule has 3 N–H and O–H groups in total. The molecule has 34 heavy (non-hydrogen) atoms. The van der Waals surface area contributed by atoms with E-state index in [4.69, 9.17) is 24.9 Å². The number of rotatable bonds is 7. The minimum Gasteiger partial charge on any atom is -0.492 e. The lowest BCUT2D eigenvalue weighted by Crippen LogP contribution is -2.34. The van der Waals surface area contributed by atoms with Gasteiger partial charge in [-0.15, -0.1) is 0 Å². The quantitative estimate of drug-likeness (QED) is 0.502. The Morgan fingerprint density at radius 3 is 2.74 bits per heavy atom. The van der Waals surface area contributed by atoms with Gasteiger partial charge in [-0.25, -0.2) is 14.8 Å². The van der Waals surface area contributed by atoms with E-state index >= 15 is 0 Å². The molecule has 0 saturated carbocycles. The fourth-order valence-corrected chi connectivity index (χ4v) is 4.32. The van der Waals surface area contributed by atoms with Crippen molar-refractivity contribution in [2.24, 2.45) is 5.92 Å². The highest BCUT2D eigenvalue weighted by Gasteiger charge is 2.21. The molecule has 1 saturated heterocycles. The molecule has 1 fully saturated rings. The molecule has 1 amide bonds. The van der Waals surface area contributed by atoms with Gasteiger partial charge >= 0.3 is 6.09 Å². The molecule has 9 nitrogen and oxygen atoms in total. The molecule has 1 aromatic carbocycles. The Labute approximate surface area is 200 Å². The first-order chi connectivity index (χ1) is 16.2. The molecule has 1 aliphatic heterocycles. The third-order valence-corrected chi connectivity index (χ3v) is 5.89. The van der Waals surface area contributed by atoms with E-state index < -0.39 is 11.7 Å². The molecule has 2 aromatic heterocycles. The molecule has 1 aliphatic rings. The van der Waals surface area contributed by atoms with E-state index in [1.807, 2.05) is 39.0 Å². The van der Waals surface area contributed by atoms with Gasteiger partial charge in [0.05, 0.1) is 17.6 Å². The molecule has 0 radical (unpaired) electrons. The van der Waals surface area contributed by atoms with E-state index in [1.165, 1.54) is 0 Å². The average Bonchev–Trinajstić information content (AvgIpc) is 3.15. The van der Waals surface area contributed by atoms with Gasteiger partial charge in [0, 0.05) is 37.6 Å². The molecule has 0 spiro atoms. The fourth-order valence-electron chi connectivity index (χ4n) is 4.32. The first kappa shape index (κ1) is 24.1. The summed E-state index contributed by atoms with van der Waals surface area (Å²) in [6.07, 6.45) is 2.47. The number of aromatic nitrogens is 3. The number of fused-ring (bicyclic) bond motifs is 3. The van der Waals surface area contributed by atoms with Crippen LogP contribution in [0.4, 0.5) is 10.6 Å². The fraction of sp³-hybridized carbons (Fsp3) is 0.560. The van der Waals surface area contributed by atoms with Gasteiger partial charge in [-0.05, 0) is 51.7 Å². The number of nitrogens with zero attached hydrogens (tertiary/aromatic N) is 3. The van der Waals surface area contributed by atoms with E-state index in [2.05, 4.69) is 21.8 Å². The number of hydrogen-bond acceptors (Lipinski definition) is 7. The number of amides is 1. The highest BCUT2D eigenvalue weighted by Crippen LogP contribution is 2.32. The second kappa shape index (κ2) is 10.0. The number of carbonyl (C=O) groups is 1. The molecular formula is C25H35N5O4. The van der Waals surface area contributed by atoms with Gasteiger partial charge in [-0.2, -0.15) is 0 Å². The molecule has 0 atom stereocenters. The molecular weight excluding hydrogens is 434 g/mol. The van der Waals surface area contributed by atoms with Gasteiger partial charge in [0.15, 0.2) is 5.82 Å². The predicted octanol–water partition coefficient (Wildman–Crippen LogP) is 4.06.